The summed E-state index contributed by atoms with van der Waals surface area (Å²) in [6.07, 6.45) is 2.95. The molecule has 0 fully saturated rings. The van der Waals surface area contributed by atoms with Crippen molar-refractivity contribution >= 4 is 22.8 Å². The van der Waals surface area contributed by atoms with E-state index in [1.807, 2.05) is 12.3 Å². The van der Waals surface area contributed by atoms with Gasteiger partial charge < -0.3 is 4.57 Å². The average Bonchev–Trinajstić information content (AvgIpc) is 2.69. The van der Waals surface area contributed by atoms with Crippen molar-refractivity contribution in [3.8, 4) is 0 Å². The second kappa shape index (κ2) is 4.88. The lowest BCUT2D eigenvalue weighted by molar-refractivity contribution is 0.294. The van der Waals surface area contributed by atoms with Crippen molar-refractivity contribution in [3.63, 3.8) is 0 Å². The van der Waals surface area contributed by atoms with E-state index < -0.39 is 0 Å². The largest absolute Gasteiger partial charge is 0.311 e. The lowest BCUT2D eigenvalue weighted by atomic mass is 9.90. The standard InChI is InChI=1S/C14H20ClN3/c1-5-14(3,4)9-18-11(8-15)17-12-10(2)6-7-16-13(12)18/h6-7H,5,8-9H2,1-4H3. The van der Waals surface area contributed by atoms with Crippen LogP contribution >= 0.6 is 11.6 Å². The summed E-state index contributed by atoms with van der Waals surface area (Å²) < 4.78 is 2.17. The molecule has 0 saturated carbocycles. The van der Waals surface area contributed by atoms with Crippen LogP contribution in [0.2, 0.25) is 0 Å². The van der Waals surface area contributed by atoms with Crippen LogP contribution in [0.3, 0.4) is 0 Å². The Labute approximate surface area is 113 Å². The van der Waals surface area contributed by atoms with Gasteiger partial charge in [-0.25, -0.2) is 9.97 Å². The molecule has 4 heteroatoms. The molecular weight excluding hydrogens is 246 g/mol. The van der Waals surface area contributed by atoms with Crippen molar-refractivity contribution in [2.24, 2.45) is 5.41 Å². The number of imidazole rings is 1. The zero-order valence-corrected chi connectivity index (χ0v) is 12.3. The van der Waals surface area contributed by atoms with E-state index in [9.17, 15) is 0 Å². The summed E-state index contributed by atoms with van der Waals surface area (Å²) in [6.45, 7) is 9.68. The number of aryl methyl sites for hydroxylation is 1. The zero-order chi connectivity index (χ0) is 13.3. The Morgan fingerprint density at radius 1 is 1.39 bits per heavy atom. The van der Waals surface area contributed by atoms with E-state index in [1.54, 1.807) is 0 Å². The number of alkyl halides is 1. The van der Waals surface area contributed by atoms with E-state index in [-0.39, 0.29) is 5.41 Å². The molecule has 0 aromatic carbocycles. The number of hydrogen-bond acceptors (Lipinski definition) is 2. The molecule has 3 nitrogen and oxygen atoms in total. The molecule has 0 amide bonds. The molecule has 0 atom stereocenters. The number of hydrogen-bond donors (Lipinski definition) is 0. The van der Waals surface area contributed by atoms with Crippen LogP contribution in [0.5, 0.6) is 0 Å². The molecule has 2 rings (SSSR count). The van der Waals surface area contributed by atoms with E-state index in [0.717, 1.165) is 35.5 Å². The van der Waals surface area contributed by atoms with Crippen LogP contribution in [0.4, 0.5) is 0 Å². The molecular formula is C14H20ClN3. The predicted octanol–water partition coefficient (Wildman–Crippen LogP) is 3.91. The smallest absolute Gasteiger partial charge is 0.160 e. The molecule has 0 aliphatic carbocycles. The fourth-order valence-electron chi connectivity index (χ4n) is 1.99. The fraction of sp³-hybridized carbons (Fsp3) is 0.571. The third-order valence-corrected chi connectivity index (χ3v) is 3.82. The first-order valence-corrected chi connectivity index (χ1v) is 6.88. The van der Waals surface area contributed by atoms with Crippen LogP contribution < -0.4 is 0 Å². The third-order valence-electron chi connectivity index (χ3n) is 3.58. The maximum atomic E-state index is 6.02. The Bertz CT molecular complexity index is 557. The van der Waals surface area contributed by atoms with Gasteiger partial charge in [-0.1, -0.05) is 20.8 Å². The Hall–Kier alpha value is -1.09. The number of aromatic nitrogens is 3. The van der Waals surface area contributed by atoms with Crippen LogP contribution in [-0.2, 0) is 12.4 Å². The van der Waals surface area contributed by atoms with Crippen molar-refractivity contribution < 1.29 is 0 Å². The molecule has 0 saturated heterocycles. The van der Waals surface area contributed by atoms with E-state index >= 15 is 0 Å². The van der Waals surface area contributed by atoms with Crippen LogP contribution in [0, 0.1) is 12.3 Å². The lowest BCUT2D eigenvalue weighted by Crippen LogP contribution is -2.20. The zero-order valence-electron chi connectivity index (χ0n) is 11.5. The van der Waals surface area contributed by atoms with Gasteiger partial charge in [-0.05, 0) is 30.4 Å². The fourth-order valence-corrected chi connectivity index (χ4v) is 2.20. The van der Waals surface area contributed by atoms with Gasteiger partial charge in [0.1, 0.15) is 11.3 Å². The number of fused-ring (bicyclic) bond motifs is 1. The predicted molar refractivity (Wildman–Crippen MR) is 75.9 cm³/mol. The molecule has 2 heterocycles. The summed E-state index contributed by atoms with van der Waals surface area (Å²) in [5.74, 6) is 1.34. The third kappa shape index (κ3) is 2.37. The molecule has 98 valence electrons. The van der Waals surface area contributed by atoms with Crippen LogP contribution in [0.15, 0.2) is 12.3 Å². The Morgan fingerprint density at radius 2 is 2.11 bits per heavy atom. The first-order valence-electron chi connectivity index (χ1n) is 6.35. The lowest BCUT2D eigenvalue weighted by Gasteiger charge is -2.24. The topological polar surface area (TPSA) is 30.7 Å². The average molecular weight is 266 g/mol. The molecule has 18 heavy (non-hydrogen) atoms. The number of halogens is 1. The van der Waals surface area contributed by atoms with Gasteiger partial charge in [0.15, 0.2) is 5.65 Å². The highest BCUT2D eigenvalue weighted by Crippen LogP contribution is 2.27. The minimum atomic E-state index is 0.222. The van der Waals surface area contributed by atoms with Crippen LogP contribution in [0.25, 0.3) is 11.2 Å². The monoisotopic (exact) mass is 265 g/mol. The summed E-state index contributed by atoms with van der Waals surface area (Å²) in [5, 5.41) is 0. The van der Waals surface area contributed by atoms with Gasteiger partial charge in [-0.3, -0.25) is 0 Å². The summed E-state index contributed by atoms with van der Waals surface area (Å²) in [6, 6.07) is 1.99. The molecule has 2 aromatic heterocycles. The Morgan fingerprint density at radius 3 is 2.72 bits per heavy atom. The molecule has 0 aliphatic rings. The summed E-state index contributed by atoms with van der Waals surface area (Å²) in [4.78, 5) is 9.09. The molecule has 2 aromatic rings. The van der Waals surface area contributed by atoms with Gasteiger partial charge >= 0.3 is 0 Å². The van der Waals surface area contributed by atoms with Gasteiger partial charge in [0.2, 0.25) is 0 Å². The minimum Gasteiger partial charge on any atom is -0.311 e. The first-order chi connectivity index (χ1) is 8.48. The molecule has 0 bridgehead atoms. The maximum Gasteiger partial charge on any atom is 0.160 e. The highest BCUT2D eigenvalue weighted by Gasteiger charge is 2.21. The van der Waals surface area contributed by atoms with Gasteiger partial charge in [0, 0.05) is 12.7 Å². The highest BCUT2D eigenvalue weighted by molar-refractivity contribution is 6.16. The van der Waals surface area contributed by atoms with E-state index in [2.05, 4.69) is 42.2 Å². The van der Waals surface area contributed by atoms with Crippen molar-refractivity contribution in [2.45, 2.75) is 46.5 Å². The van der Waals surface area contributed by atoms with Gasteiger partial charge in [0.05, 0.1) is 5.88 Å². The number of rotatable bonds is 4. The van der Waals surface area contributed by atoms with Gasteiger partial charge in [-0.15, -0.1) is 11.6 Å². The van der Waals surface area contributed by atoms with Crippen LogP contribution in [-0.4, -0.2) is 14.5 Å². The van der Waals surface area contributed by atoms with E-state index in [0.29, 0.717) is 5.88 Å². The second-order valence-electron chi connectivity index (χ2n) is 5.57. The van der Waals surface area contributed by atoms with E-state index in [4.69, 9.17) is 11.6 Å². The van der Waals surface area contributed by atoms with Gasteiger partial charge in [-0.2, -0.15) is 0 Å². The summed E-state index contributed by atoms with van der Waals surface area (Å²) in [5.41, 5.74) is 3.30. The summed E-state index contributed by atoms with van der Waals surface area (Å²) in [7, 11) is 0. The van der Waals surface area contributed by atoms with E-state index in [1.165, 1.54) is 0 Å². The van der Waals surface area contributed by atoms with Gasteiger partial charge in [0.25, 0.3) is 0 Å². The normalized spacial score (nSPS) is 12.3. The molecule has 0 radical (unpaired) electrons. The quantitative estimate of drug-likeness (QED) is 0.785. The van der Waals surface area contributed by atoms with Crippen molar-refractivity contribution in [3.05, 3.63) is 23.7 Å². The van der Waals surface area contributed by atoms with Crippen molar-refractivity contribution in [2.75, 3.05) is 0 Å². The SMILES string of the molecule is CCC(C)(C)Cn1c(CCl)nc2c(C)ccnc21. The maximum absolute atomic E-state index is 6.02. The minimum absolute atomic E-state index is 0.222. The molecule has 0 spiro atoms. The number of nitrogens with zero attached hydrogens (tertiary/aromatic N) is 3. The van der Waals surface area contributed by atoms with Crippen molar-refractivity contribution in [1.29, 1.82) is 0 Å². The highest BCUT2D eigenvalue weighted by atomic mass is 35.5. The molecule has 0 unspecified atom stereocenters. The number of pyridine rings is 1. The molecule has 0 N–H and O–H groups in total. The molecule has 0 aliphatic heterocycles. The summed E-state index contributed by atoms with van der Waals surface area (Å²) >= 11 is 6.02. The van der Waals surface area contributed by atoms with Crippen molar-refractivity contribution in [1.82, 2.24) is 14.5 Å². The van der Waals surface area contributed by atoms with Crippen LogP contribution in [0.1, 0.15) is 38.6 Å². The second-order valence-corrected chi connectivity index (χ2v) is 5.83. The Kier molecular flexibility index (Phi) is 3.62. The first kappa shape index (κ1) is 13.3. The Balaban J connectivity index is 2.57.